The Balaban J connectivity index is 2.20. The van der Waals surface area contributed by atoms with E-state index < -0.39 is 18.0 Å². The van der Waals surface area contributed by atoms with Crippen LogP contribution in [0.4, 0.5) is 0 Å². The zero-order valence-electron chi connectivity index (χ0n) is 12.1. The smallest absolute Gasteiger partial charge is 0.339 e. The number of phenols is 2. The van der Waals surface area contributed by atoms with E-state index in [0.29, 0.717) is 5.56 Å². The quantitative estimate of drug-likeness (QED) is 0.578. The second-order valence-corrected chi connectivity index (χ2v) is 4.69. The molecule has 0 aliphatic heterocycles. The lowest BCUT2D eigenvalue weighted by molar-refractivity contribution is -0.130. The minimum atomic E-state index is -0.804. The lowest BCUT2D eigenvalue weighted by Gasteiger charge is -2.05. The molecule has 1 heterocycles. The summed E-state index contributed by atoms with van der Waals surface area (Å²) in [6, 6.07) is 4.93. The SMILES string of the molecule is C/C(=C\c1ccc(O)cc1O)C(=O)Oc1coc(CO)cc1=O. The number of aromatic hydroxyl groups is 2. The number of carbonyl (C=O) groups excluding carboxylic acids is 1. The highest BCUT2D eigenvalue weighted by atomic mass is 16.5. The third-order valence-electron chi connectivity index (χ3n) is 2.92. The number of hydrogen-bond donors (Lipinski definition) is 3. The number of hydrogen-bond acceptors (Lipinski definition) is 7. The summed E-state index contributed by atoms with van der Waals surface area (Å²) in [5, 5.41) is 27.7. The van der Waals surface area contributed by atoms with Gasteiger partial charge in [-0.15, -0.1) is 0 Å². The maximum absolute atomic E-state index is 12.0. The molecule has 0 spiro atoms. The molecule has 0 saturated heterocycles. The second kappa shape index (κ2) is 6.80. The van der Waals surface area contributed by atoms with E-state index in [1.807, 2.05) is 0 Å². The first kappa shape index (κ1) is 16.3. The Hall–Kier alpha value is -3.06. The van der Waals surface area contributed by atoms with Gasteiger partial charge in [-0.2, -0.15) is 0 Å². The van der Waals surface area contributed by atoms with Crippen LogP contribution in [0, 0.1) is 0 Å². The van der Waals surface area contributed by atoms with E-state index in [0.717, 1.165) is 18.4 Å². The van der Waals surface area contributed by atoms with Gasteiger partial charge in [0, 0.05) is 23.3 Å². The van der Waals surface area contributed by atoms with E-state index in [1.165, 1.54) is 25.1 Å². The molecule has 0 amide bonds. The van der Waals surface area contributed by atoms with Gasteiger partial charge in [0.25, 0.3) is 0 Å². The van der Waals surface area contributed by atoms with Gasteiger partial charge in [-0.3, -0.25) is 4.79 Å². The molecule has 0 atom stereocenters. The first-order chi connectivity index (χ1) is 10.9. The number of esters is 1. The summed E-state index contributed by atoms with van der Waals surface area (Å²) in [5.41, 5.74) is -0.175. The fraction of sp³-hybridized carbons (Fsp3) is 0.125. The van der Waals surface area contributed by atoms with Crippen LogP contribution in [0.15, 0.2) is 45.3 Å². The normalized spacial score (nSPS) is 11.3. The highest BCUT2D eigenvalue weighted by Gasteiger charge is 2.12. The summed E-state index contributed by atoms with van der Waals surface area (Å²) in [6.45, 7) is 1.00. The molecule has 1 aromatic carbocycles. The summed E-state index contributed by atoms with van der Waals surface area (Å²) in [7, 11) is 0. The minimum Gasteiger partial charge on any atom is -0.508 e. The zero-order valence-corrected chi connectivity index (χ0v) is 12.1. The van der Waals surface area contributed by atoms with Crippen LogP contribution in [0.3, 0.4) is 0 Å². The average Bonchev–Trinajstić information content (AvgIpc) is 2.51. The average molecular weight is 318 g/mol. The van der Waals surface area contributed by atoms with E-state index in [-0.39, 0.29) is 28.6 Å². The summed E-state index contributed by atoms with van der Waals surface area (Å²) in [6.07, 6.45) is 2.29. The standard InChI is InChI=1S/C16H14O7/c1-9(4-10-2-3-11(18)5-13(10)19)16(21)23-15-8-22-12(7-17)6-14(15)20/h2-6,8,17-19H,7H2,1H3/b9-4+. The molecular formula is C16H14O7. The van der Waals surface area contributed by atoms with E-state index >= 15 is 0 Å². The molecule has 2 aromatic rings. The number of ether oxygens (including phenoxy) is 1. The van der Waals surface area contributed by atoms with E-state index in [4.69, 9.17) is 14.3 Å². The topological polar surface area (TPSA) is 117 Å². The largest absolute Gasteiger partial charge is 0.508 e. The van der Waals surface area contributed by atoms with Gasteiger partial charge in [-0.05, 0) is 25.1 Å². The summed E-state index contributed by atoms with van der Waals surface area (Å²) in [4.78, 5) is 23.6. The van der Waals surface area contributed by atoms with Crippen molar-refractivity contribution < 1.29 is 29.3 Å². The Labute approximate surface area is 130 Å². The molecule has 3 N–H and O–H groups in total. The maximum Gasteiger partial charge on any atom is 0.339 e. The van der Waals surface area contributed by atoms with Crippen molar-refractivity contribution in [1.82, 2.24) is 0 Å². The predicted octanol–water partition coefficient (Wildman–Crippen LogP) is 1.55. The van der Waals surface area contributed by atoms with E-state index in [1.54, 1.807) is 0 Å². The molecule has 0 unspecified atom stereocenters. The number of aliphatic hydroxyl groups excluding tert-OH is 1. The highest BCUT2D eigenvalue weighted by molar-refractivity contribution is 5.94. The second-order valence-electron chi connectivity index (χ2n) is 4.69. The van der Waals surface area contributed by atoms with Crippen LogP contribution in [0.1, 0.15) is 18.2 Å². The van der Waals surface area contributed by atoms with Crippen molar-refractivity contribution in [2.24, 2.45) is 0 Å². The van der Waals surface area contributed by atoms with E-state index in [9.17, 15) is 19.8 Å². The highest BCUT2D eigenvalue weighted by Crippen LogP contribution is 2.24. The molecular weight excluding hydrogens is 304 g/mol. The zero-order chi connectivity index (χ0) is 17.0. The van der Waals surface area contributed by atoms with Crippen molar-refractivity contribution >= 4 is 12.0 Å². The third-order valence-corrected chi connectivity index (χ3v) is 2.92. The van der Waals surface area contributed by atoms with Gasteiger partial charge in [0.15, 0.2) is 0 Å². The molecule has 0 aliphatic rings. The summed E-state index contributed by atoms with van der Waals surface area (Å²) >= 11 is 0. The lowest BCUT2D eigenvalue weighted by Crippen LogP contribution is -2.15. The van der Waals surface area contributed by atoms with Crippen LogP contribution in [-0.4, -0.2) is 21.3 Å². The molecule has 1 aromatic heterocycles. The van der Waals surface area contributed by atoms with Gasteiger partial charge in [0.2, 0.25) is 11.2 Å². The van der Waals surface area contributed by atoms with E-state index in [2.05, 4.69) is 0 Å². The third kappa shape index (κ3) is 3.98. The Morgan fingerprint density at radius 3 is 2.65 bits per heavy atom. The monoisotopic (exact) mass is 318 g/mol. The van der Waals surface area contributed by atoms with Crippen molar-refractivity contribution in [2.45, 2.75) is 13.5 Å². The van der Waals surface area contributed by atoms with Crippen molar-refractivity contribution in [3.8, 4) is 17.2 Å². The van der Waals surface area contributed by atoms with Gasteiger partial charge in [-0.1, -0.05) is 0 Å². The van der Waals surface area contributed by atoms with Gasteiger partial charge >= 0.3 is 5.97 Å². The van der Waals surface area contributed by atoms with Crippen LogP contribution in [-0.2, 0) is 11.4 Å². The Morgan fingerprint density at radius 2 is 2.04 bits per heavy atom. The lowest BCUT2D eigenvalue weighted by atomic mass is 10.1. The molecule has 2 rings (SSSR count). The first-order valence-electron chi connectivity index (χ1n) is 6.55. The van der Waals surface area contributed by atoms with Gasteiger partial charge in [-0.25, -0.2) is 4.79 Å². The van der Waals surface area contributed by atoms with Crippen molar-refractivity contribution in [1.29, 1.82) is 0 Å². The van der Waals surface area contributed by atoms with Crippen LogP contribution in [0.25, 0.3) is 6.08 Å². The minimum absolute atomic E-state index is 0.0519. The van der Waals surface area contributed by atoms with Gasteiger partial charge < -0.3 is 24.5 Å². The van der Waals surface area contributed by atoms with Crippen molar-refractivity contribution in [3.05, 3.63) is 57.6 Å². The number of rotatable bonds is 4. The first-order valence-corrected chi connectivity index (χ1v) is 6.55. The molecule has 0 fully saturated rings. The summed E-state index contributed by atoms with van der Waals surface area (Å²) in [5.74, 6) is -1.38. The molecule has 120 valence electrons. The molecule has 0 aliphatic carbocycles. The molecule has 7 heteroatoms. The van der Waals surface area contributed by atoms with Gasteiger partial charge in [0.05, 0.1) is 0 Å². The fourth-order valence-corrected chi connectivity index (χ4v) is 1.72. The van der Waals surface area contributed by atoms with Crippen LogP contribution in [0.5, 0.6) is 17.2 Å². The molecule has 23 heavy (non-hydrogen) atoms. The Morgan fingerprint density at radius 1 is 1.30 bits per heavy atom. The van der Waals surface area contributed by atoms with Crippen molar-refractivity contribution in [3.63, 3.8) is 0 Å². The number of aliphatic hydroxyl groups is 1. The molecule has 0 bridgehead atoms. The van der Waals surface area contributed by atoms with Crippen molar-refractivity contribution in [2.75, 3.05) is 0 Å². The molecule has 0 radical (unpaired) electrons. The van der Waals surface area contributed by atoms with Crippen LogP contribution < -0.4 is 10.2 Å². The Kier molecular flexibility index (Phi) is 4.82. The number of phenolic OH excluding ortho intramolecular Hbond substituents is 2. The van der Waals surface area contributed by atoms with Gasteiger partial charge in [0.1, 0.15) is 30.1 Å². The molecule has 7 nitrogen and oxygen atoms in total. The maximum atomic E-state index is 12.0. The Bertz CT molecular complexity index is 817. The molecule has 0 saturated carbocycles. The number of carbonyl (C=O) groups is 1. The number of benzene rings is 1. The van der Waals surface area contributed by atoms with Crippen LogP contribution >= 0.6 is 0 Å². The van der Waals surface area contributed by atoms with Crippen LogP contribution in [0.2, 0.25) is 0 Å². The summed E-state index contributed by atoms with van der Waals surface area (Å²) < 4.78 is 9.82. The predicted molar refractivity (Wildman–Crippen MR) is 80.0 cm³/mol. The fourth-order valence-electron chi connectivity index (χ4n) is 1.72.